The molecule has 0 N–H and O–H groups in total. The Balaban J connectivity index is 2.17. The van der Waals surface area contributed by atoms with Crippen LogP contribution in [0.4, 0.5) is 0 Å². The molecule has 1 unspecified atom stereocenters. The van der Waals surface area contributed by atoms with E-state index >= 15 is 0 Å². The molecule has 1 spiro atoms. The Labute approximate surface area is 114 Å². The van der Waals surface area contributed by atoms with E-state index in [0.29, 0.717) is 19.6 Å². The molecule has 0 aromatic carbocycles. The van der Waals surface area contributed by atoms with Crippen molar-refractivity contribution < 1.29 is 17.9 Å². The van der Waals surface area contributed by atoms with Gasteiger partial charge in [-0.1, -0.05) is 0 Å². The van der Waals surface area contributed by atoms with Crippen LogP contribution in [-0.2, 0) is 19.6 Å². The summed E-state index contributed by atoms with van der Waals surface area (Å²) in [6, 6.07) is 0. The van der Waals surface area contributed by atoms with Crippen molar-refractivity contribution in [1.29, 1.82) is 0 Å². The molecule has 0 bridgehead atoms. The van der Waals surface area contributed by atoms with E-state index in [4.69, 9.17) is 4.74 Å². The number of sulfonamides is 1. The fourth-order valence-corrected chi connectivity index (χ4v) is 4.78. The zero-order valence-electron chi connectivity index (χ0n) is 11.6. The Kier molecular flexibility index (Phi) is 4.17. The predicted molar refractivity (Wildman–Crippen MR) is 71.2 cm³/mol. The number of rotatable bonds is 3. The van der Waals surface area contributed by atoms with Crippen LogP contribution in [0.15, 0.2) is 0 Å². The second kappa shape index (κ2) is 5.38. The highest BCUT2D eigenvalue weighted by Crippen LogP contribution is 2.38. The van der Waals surface area contributed by atoms with E-state index in [1.807, 2.05) is 0 Å². The van der Waals surface area contributed by atoms with Gasteiger partial charge in [0, 0.05) is 26.7 Å². The number of carbonyl (C=O) groups is 1. The molecule has 19 heavy (non-hydrogen) atoms. The highest BCUT2D eigenvalue weighted by atomic mass is 32.2. The molecule has 110 valence electrons. The first-order valence-corrected chi connectivity index (χ1v) is 8.48. The molecule has 0 saturated carbocycles. The van der Waals surface area contributed by atoms with Crippen molar-refractivity contribution in [2.45, 2.75) is 31.2 Å². The number of likely N-dealkylation sites (tertiary alicyclic amines) is 1. The fraction of sp³-hybridized carbons (Fsp3) is 0.917. The number of methoxy groups -OCH3 is 1. The van der Waals surface area contributed by atoms with Gasteiger partial charge >= 0.3 is 0 Å². The van der Waals surface area contributed by atoms with Gasteiger partial charge in [-0.2, -0.15) is 4.31 Å². The SMILES string of the molecule is COCC(=O)N1CCCC2(CCCN2S(C)(=O)=O)C1. The summed E-state index contributed by atoms with van der Waals surface area (Å²) in [4.78, 5) is 13.7. The second-order valence-electron chi connectivity index (χ2n) is 5.51. The minimum Gasteiger partial charge on any atom is -0.375 e. The molecule has 2 saturated heterocycles. The molecule has 0 aromatic heterocycles. The van der Waals surface area contributed by atoms with E-state index in [9.17, 15) is 13.2 Å². The molecular formula is C12H22N2O4S. The number of ether oxygens (including phenoxy) is 1. The van der Waals surface area contributed by atoms with Crippen LogP contribution in [0.2, 0.25) is 0 Å². The first kappa shape index (κ1) is 14.7. The second-order valence-corrected chi connectivity index (χ2v) is 7.42. The Hall–Kier alpha value is -0.660. The smallest absolute Gasteiger partial charge is 0.248 e. The van der Waals surface area contributed by atoms with Crippen LogP contribution in [0.1, 0.15) is 25.7 Å². The highest BCUT2D eigenvalue weighted by molar-refractivity contribution is 7.88. The number of hydrogen-bond donors (Lipinski definition) is 0. The molecule has 0 aliphatic carbocycles. The van der Waals surface area contributed by atoms with Crippen LogP contribution in [0.5, 0.6) is 0 Å². The molecule has 0 aromatic rings. The fourth-order valence-electron chi connectivity index (χ4n) is 3.38. The van der Waals surface area contributed by atoms with Gasteiger partial charge in [0.25, 0.3) is 0 Å². The monoisotopic (exact) mass is 290 g/mol. The predicted octanol–water partition coefficient (Wildman–Crippen LogP) is 0.0494. The summed E-state index contributed by atoms with van der Waals surface area (Å²) in [7, 11) is -1.71. The van der Waals surface area contributed by atoms with Crippen LogP contribution in [0.25, 0.3) is 0 Å². The first-order valence-electron chi connectivity index (χ1n) is 6.64. The lowest BCUT2D eigenvalue weighted by molar-refractivity contribution is -0.138. The van der Waals surface area contributed by atoms with Crippen molar-refractivity contribution in [3.8, 4) is 0 Å². The summed E-state index contributed by atoms with van der Waals surface area (Å²) in [6.45, 7) is 1.84. The molecule has 2 fully saturated rings. The summed E-state index contributed by atoms with van der Waals surface area (Å²) >= 11 is 0. The maximum Gasteiger partial charge on any atom is 0.248 e. The van der Waals surface area contributed by atoms with Crippen molar-refractivity contribution in [2.75, 3.05) is 39.6 Å². The van der Waals surface area contributed by atoms with Crippen molar-refractivity contribution in [3.63, 3.8) is 0 Å². The lowest BCUT2D eigenvalue weighted by Gasteiger charge is -2.44. The van der Waals surface area contributed by atoms with Crippen LogP contribution < -0.4 is 0 Å². The average Bonchev–Trinajstić information content (AvgIpc) is 2.72. The lowest BCUT2D eigenvalue weighted by atomic mass is 9.87. The zero-order valence-corrected chi connectivity index (χ0v) is 12.4. The molecule has 2 aliphatic rings. The molecule has 2 rings (SSSR count). The van der Waals surface area contributed by atoms with Crippen LogP contribution in [0.3, 0.4) is 0 Å². The van der Waals surface area contributed by atoms with E-state index in [2.05, 4.69) is 0 Å². The third-order valence-corrected chi connectivity index (χ3v) is 5.48. The van der Waals surface area contributed by atoms with Crippen LogP contribution in [-0.4, -0.2) is 68.7 Å². The van der Waals surface area contributed by atoms with E-state index in [1.54, 1.807) is 9.21 Å². The molecule has 2 heterocycles. The Morgan fingerprint density at radius 2 is 1.89 bits per heavy atom. The normalized spacial score (nSPS) is 29.1. The van der Waals surface area contributed by atoms with Gasteiger partial charge in [-0.05, 0) is 25.7 Å². The van der Waals surface area contributed by atoms with Crippen molar-refractivity contribution in [2.24, 2.45) is 0 Å². The maximum absolute atomic E-state index is 11.9. The summed E-state index contributed by atoms with van der Waals surface area (Å²) in [5.74, 6) is -0.0538. The summed E-state index contributed by atoms with van der Waals surface area (Å²) in [6.07, 6.45) is 4.67. The number of amides is 1. The van der Waals surface area contributed by atoms with Gasteiger partial charge in [0.1, 0.15) is 6.61 Å². The molecule has 1 atom stereocenters. The van der Waals surface area contributed by atoms with Crippen molar-refractivity contribution >= 4 is 15.9 Å². The molecule has 7 heteroatoms. The van der Waals surface area contributed by atoms with Crippen LogP contribution >= 0.6 is 0 Å². The summed E-state index contributed by atoms with van der Waals surface area (Å²) < 4.78 is 30.3. The van der Waals surface area contributed by atoms with Gasteiger partial charge in [0.05, 0.1) is 11.8 Å². The van der Waals surface area contributed by atoms with E-state index in [0.717, 1.165) is 25.7 Å². The van der Waals surface area contributed by atoms with Crippen molar-refractivity contribution in [3.05, 3.63) is 0 Å². The summed E-state index contributed by atoms with van der Waals surface area (Å²) in [5, 5.41) is 0. The van der Waals surface area contributed by atoms with Crippen molar-refractivity contribution in [1.82, 2.24) is 9.21 Å². The van der Waals surface area contributed by atoms with Gasteiger partial charge in [-0.15, -0.1) is 0 Å². The standard InChI is InChI=1S/C12H22N2O4S/c1-18-9-11(15)13-7-3-5-12(10-13)6-4-8-14(12)19(2,16)17/h3-10H2,1-2H3. The largest absolute Gasteiger partial charge is 0.375 e. The third-order valence-electron chi connectivity index (χ3n) is 4.11. The quantitative estimate of drug-likeness (QED) is 0.736. The Bertz CT molecular complexity index is 451. The van der Waals surface area contributed by atoms with Gasteiger partial charge in [0.15, 0.2) is 0 Å². The molecule has 0 radical (unpaired) electrons. The first-order chi connectivity index (χ1) is 8.89. The average molecular weight is 290 g/mol. The number of hydrogen-bond acceptors (Lipinski definition) is 4. The van der Waals surface area contributed by atoms with Gasteiger partial charge in [0.2, 0.25) is 15.9 Å². The molecule has 6 nitrogen and oxygen atoms in total. The summed E-state index contributed by atoms with van der Waals surface area (Å²) in [5.41, 5.74) is -0.380. The van der Waals surface area contributed by atoms with E-state index in [-0.39, 0.29) is 18.1 Å². The van der Waals surface area contributed by atoms with E-state index in [1.165, 1.54) is 13.4 Å². The third kappa shape index (κ3) is 2.93. The minimum atomic E-state index is -3.21. The lowest BCUT2D eigenvalue weighted by Crippen LogP contribution is -2.58. The Morgan fingerprint density at radius 1 is 1.26 bits per heavy atom. The molecule has 1 amide bonds. The zero-order chi connectivity index (χ0) is 14.1. The minimum absolute atomic E-state index is 0.0538. The number of piperidine rings is 1. The Morgan fingerprint density at radius 3 is 2.47 bits per heavy atom. The molecular weight excluding hydrogens is 268 g/mol. The molecule has 2 aliphatic heterocycles. The number of carbonyl (C=O) groups excluding carboxylic acids is 1. The van der Waals surface area contributed by atoms with Gasteiger partial charge < -0.3 is 9.64 Å². The van der Waals surface area contributed by atoms with Gasteiger partial charge in [-0.3, -0.25) is 4.79 Å². The van der Waals surface area contributed by atoms with Gasteiger partial charge in [-0.25, -0.2) is 8.42 Å². The van der Waals surface area contributed by atoms with Crippen LogP contribution in [0, 0.1) is 0 Å². The maximum atomic E-state index is 11.9. The van der Waals surface area contributed by atoms with E-state index < -0.39 is 10.0 Å². The highest BCUT2D eigenvalue weighted by Gasteiger charge is 2.48. The number of nitrogens with zero attached hydrogens (tertiary/aromatic N) is 2. The topological polar surface area (TPSA) is 66.9 Å².